The molecule has 1 aliphatic heterocycles. The van der Waals surface area contributed by atoms with Gasteiger partial charge in [-0.1, -0.05) is 30.3 Å². The van der Waals surface area contributed by atoms with E-state index in [0.717, 1.165) is 5.56 Å². The van der Waals surface area contributed by atoms with Gasteiger partial charge in [0, 0.05) is 12.1 Å². The van der Waals surface area contributed by atoms with Crippen LogP contribution in [0.1, 0.15) is 31.2 Å². The zero-order chi connectivity index (χ0) is 22.9. The van der Waals surface area contributed by atoms with Crippen LogP contribution in [0.5, 0.6) is 0 Å². The summed E-state index contributed by atoms with van der Waals surface area (Å²) < 4.78 is 42.1. The smallest absolute Gasteiger partial charge is 0.480 e. The van der Waals surface area contributed by atoms with Gasteiger partial charge in [0.1, 0.15) is 13.3 Å². The summed E-state index contributed by atoms with van der Waals surface area (Å²) in [5, 5.41) is 11.9. The number of halogens is 3. The Balaban J connectivity index is 1.77. The molecule has 3 rings (SSSR count). The number of ether oxygens (including phenoxy) is 1. The van der Waals surface area contributed by atoms with E-state index in [1.54, 1.807) is 11.9 Å². The zero-order valence-corrected chi connectivity index (χ0v) is 16.9. The van der Waals surface area contributed by atoms with Crippen molar-refractivity contribution in [3.63, 3.8) is 0 Å². The maximum absolute atomic E-state index is 12.5. The fraction of sp³-hybridized carbons (Fsp3) is 0.550. The third-order valence-corrected chi connectivity index (χ3v) is 6.18. The Labute approximate surface area is 176 Å². The Morgan fingerprint density at radius 2 is 1.81 bits per heavy atom. The average Bonchev–Trinajstić information content (AvgIpc) is 3.00. The number of aliphatic carboxylic acids is 1. The van der Waals surface area contributed by atoms with E-state index < -0.39 is 48.5 Å². The number of nitrogens with zero attached hydrogens (tertiary/aromatic N) is 2. The van der Waals surface area contributed by atoms with Crippen LogP contribution in [0.2, 0.25) is 0 Å². The molecule has 31 heavy (non-hydrogen) atoms. The number of hydrogen-bond acceptors (Lipinski definition) is 5. The number of carboxylic acid groups (broad SMARTS) is 1. The first-order valence-corrected chi connectivity index (χ1v) is 9.77. The standard InChI is InChI=1S/C20H24F3N3O5/c1-25(13-31-16(29)20(21,22)23)19(14-5-3-2-4-6-14)9-7-18(8-10-19)12-26(11-15(27)28)17(30)24-18/h2-6H,7-13H2,1H3,(H,24,30)(H,27,28). The molecule has 2 fully saturated rings. The number of nitrogens with one attached hydrogen (secondary N) is 1. The summed E-state index contributed by atoms with van der Waals surface area (Å²) in [5.41, 5.74) is -0.445. The van der Waals surface area contributed by atoms with Gasteiger partial charge in [-0.25, -0.2) is 9.59 Å². The van der Waals surface area contributed by atoms with Gasteiger partial charge in [-0.15, -0.1) is 0 Å². The fourth-order valence-electron chi connectivity index (χ4n) is 4.50. The van der Waals surface area contributed by atoms with Crippen LogP contribution in [0, 0.1) is 0 Å². The van der Waals surface area contributed by atoms with Crippen molar-refractivity contribution in [2.45, 2.75) is 42.9 Å². The van der Waals surface area contributed by atoms with Crippen molar-refractivity contribution in [1.82, 2.24) is 15.1 Å². The van der Waals surface area contributed by atoms with Crippen molar-refractivity contribution < 1.29 is 37.4 Å². The van der Waals surface area contributed by atoms with Crippen molar-refractivity contribution in [1.29, 1.82) is 0 Å². The molecule has 1 saturated carbocycles. The van der Waals surface area contributed by atoms with Crippen LogP contribution in [0.25, 0.3) is 0 Å². The lowest BCUT2D eigenvalue weighted by molar-refractivity contribution is -0.206. The first-order chi connectivity index (χ1) is 14.5. The molecule has 1 spiro atoms. The van der Waals surface area contributed by atoms with Crippen molar-refractivity contribution in [3.8, 4) is 0 Å². The predicted octanol–water partition coefficient (Wildman–Crippen LogP) is 2.30. The van der Waals surface area contributed by atoms with E-state index >= 15 is 0 Å². The highest BCUT2D eigenvalue weighted by atomic mass is 19.4. The van der Waals surface area contributed by atoms with Gasteiger partial charge in [-0.3, -0.25) is 9.69 Å². The van der Waals surface area contributed by atoms with Crippen molar-refractivity contribution >= 4 is 18.0 Å². The van der Waals surface area contributed by atoms with Crippen LogP contribution in [-0.2, 0) is 19.9 Å². The Bertz CT molecular complexity index is 838. The van der Waals surface area contributed by atoms with Crippen molar-refractivity contribution in [2.24, 2.45) is 0 Å². The summed E-state index contributed by atoms with van der Waals surface area (Å²) in [5.74, 6) is -3.35. The molecule has 0 unspecified atom stereocenters. The third kappa shape index (κ3) is 4.76. The van der Waals surface area contributed by atoms with E-state index in [0.29, 0.717) is 25.7 Å². The monoisotopic (exact) mass is 443 g/mol. The second-order valence-corrected chi connectivity index (χ2v) is 8.11. The molecule has 2 N–H and O–H groups in total. The molecule has 2 amide bonds. The van der Waals surface area contributed by atoms with Gasteiger partial charge >= 0.3 is 24.1 Å². The van der Waals surface area contributed by atoms with Crippen LogP contribution in [0.4, 0.5) is 18.0 Å². The van der Waals surface area contributed by atoms with Gasteiger partial charge < -0.3 is 20.1 Å². The molecule has 11 heteroatoms. The van der Waals surface area contributed by atoms with E-state index in [4.69, 9.17) is 5.11 Å². The number of benzene rings is 1. The lowest BCUT2D eigenvalue weighted by Gasteiger charge is -2.49. The van der Waals surface area contributed by atoms with E-state index in [1.165, 1.54) is 4.90 Å². The molecule has 1 aliphatic carbocycles. The minimum atomic E-state index is -5.07. The van der Waals surface area contributed by atoms with E-state index in [-0.39, 0.29) is 6.54 Å². The normalized spacial score (nSPS) is 26.2. The van der Waals surface area contributed by atoms with E-state index in [2.05, 4.69) is 10.1 Å². The highest BCUT2D eigenvalue weighted by molar-refractivity contribution is 5.82. The highest BCUT2D eigenvalue weighted by Gasteiger charge is 2.51. The SMILES string of the molecule is CN(COC(=O)C(F)(F)F)C1(c2ccccc2)CCC2(CC1)CN(CC(=O)O)C(=O)N2. The van der Waals surface area contributed by atoms with Gasteiger partial charge in [-0.2, -0.15) is 13.2 Å². The molecule has 2 aliphatic rings. The van der Waals surface area contributed by atoms with Gasteiger partial charge in [0.2, 0.25) is 0 Å². The molecule has 1 saturated heterocycles. The fourth-order valence-corrected chi connectivity index (χ4v) is 4.50. The summed E-state index contributed by atoms with van der Waals surface area (Å²) in [6.07, 6.45) is -3.15. The molecule has 1 aromatic rings. The van der Waals surface area contributed by atoms with Crippen LogP contribution in [-0.4, -0.2) is 71.5 Å². The number of amides is 2. The van der Waals surface area contributed by atoms with Crippen LogP contribution >= 0.6 is 0 Å². The first-order valence-electron chi connectivity index (χ1n) is 9.77. The largest absolute Gasteiger partial charge is 0.490 e. The maximum Gasteiger partial charge on any atom is 0.490 e. The van der Waals surface area contributed by atoms with E-state index in [9.17, 15) is 27.6 Å². The number of esters is 1. The Morgan fingerprint density at radius 1 is 1.19 bits per heavy atom. The zero-order valence-electron chi connectivity index (χ0n) is 16.9. The minimum absolute atomic E-state index is 0.246. The van der Waals surface area contributed by atoms with Gasteiger partial charge in [0.15, 0.2) is 0 Å². The quantitative estimate of drug-likeness (QED) is 0.517. The maximum atomic E-state index is 12.5. The molecule has 0 radical (unpaired) electrons. The molecule has 0 aromatic heterocycles. The second kappa shape index (κ2) is 8.37. The summed E-state index contributed by atoms with van der Waals surface area (Å²) in [6.45, 7) is -0.696. The Kier molecular flexibility index (Phi) is 6.17. The van der Waals surface area contributed by atoms with Gasteiger partial charge in [0.25, 0.3) is 0 Å². The number of alkyl halides is 3. The predicted molar refractivity (Wildman–Crippen MR) is 102 cm³/mol. The third-order valence-electron chi connectivity index (χ3n) is 6.18. The molecule has 0 atom stereocenters. The molecular weight excluding hydrogens is 419 g/mol. The van der Waals surface area contributed by atoms with E-state index in [1.807, 2.05) is 30.3 Å². The summed E-state index contributed by atoms with van der Waals surface area (Å²) in [4.78, 5) is 37.2. The summed E-state index contributed by atoms with van der Waals surface area (Å²) in [6, 6.07) is 8.76. The molecule has 1 heterocycles. The van der Waals surface area contributed by atoms with Crippen LogP contribution in [0.3, 0.4) is 0 Å². The second-order valence-electron chi connectivity index (χ2n) is 8.11. The Hall–Kier alpha value is -2.82. The van der Waals surface area contributed by atoms with Crippen LogP contribution < -0.4 is 5.32 Å². The lowest BCUT2D eigenvalue weighted by Crippen LogP contribution is -2.55. The topological polar surface area (TPSA) is 99.2 Å². The number of carbonyl (C=O) groups is 3. The number of carboxylic acids is 1. The molecule has 8 nitrogen and oxygen atoms in total. The highest BCUT2D eigenvalue weighted by Crippen LogP contribution is 2.46. The number of hydrogen-bond donors (Lipinski definition) is 2. The van der Waals surface area contributed by atoms with Crippen LogP contribution in [0.15, 0.2) is 30.3 Å². The average molecular weight is 443 g/mol. The number of urea groups is 1. The molecule has 1 aromatic carbocycles. The molecular formula is C20H24F3N3O5. The molecule has 170 valence electrons. The number of carbonyl (C=O) groups excluding carboxylic acids is 2. The summed E-state index contributed by atoms with van der Waals surface area (Å²) in [7, 11) is 1.60. The Morgan fingerprint density at radius 3 is 2.35 bits per heavy atom. The van der Waals surface area contributed by atoms with Gasteiger partial charge in [-0.05, 0) is 38.3 Å². The minimum Gasteiger partial charge on any atom is -0.480 e. The summed E-state index contributed by atoms with van der Waals surface area (Å²) >= 11 is 0. The number of rotatable bonds is 6. The first kappa shape index (κ1) is 22.9. The molecule has 0 bridgehead atoms. The van der Waals surface area contributed by atoms with Crippen molar-refractivity contribution in [2.75, 3.05) is 26.9 Å². The lowest BCUT2D eigenvalue weighted by atomic mass is 9.69. The van der Waals surface area contributed by atoms with Crippen molar-refractivity contribution in [3.05, 3.63) is 35.9 Å². The van der Waals surface area contributed by atoms with Gasteiger partial charge in [0.05, 0.1) is 5.54 Å².